The van der Waals surface area contributed by atoms with E-state index in [1.54, 1.807) is 0 Å². The minimum Gasteiger partial charge on any atom is -0.341 e. The molecule has 0 heterocycles. The van der Waals surface area contributed by atoms with Crippen molar-refractivity contribution in [3.8, 4) is 0 Å². The molecule has 1 atom stereocenters. The summed E-state index contributed by atoms with van der Waals surface area (Å²) in [5.74, 6) is -2.13. The van der Waals surface area contributed by atoms with Gasteiger partial charge in [0.15, 0.2) is 0 Å². The van der Waals surface area contributed by atoms with Gasteiger partial charge in [-0.15, -0.1) is 0 Å². The van der Waals surface area contributed by atoms with Gasteiger partial charge in [0.25, 0.3) is 5.91 Å². The highest BCUT2D eigenvalue weighted by molar-refractivity contribution is 9.10. The van der Waals surface area contributed by atoms with Crippen molar-refractivity contribution in [3.05, 3.63) is 33.8 Å². The van der Waals surface area contributed by atoms with E-state index in [2.05, 4.69) is 15.9 Å². The molecule has 1 aromatic rings. The summed E-state index contributed by atoms with van der Waals surface area (Å²) >= 11 is 2.98. The van der Waals surface area contributed by atoms with Crippen molar-refractivity contribution in [3.63, 3.8) is 0 Å². The van der Waals surface area contributed by atoms with Crippen LogP contribution < -0.4 is 5.73 Å². The highest BCUT2D eigenvalue weighted by atomic mass is 79.9. The molecule has 0 aliphatic carbocycles. The fourth-order valence-electron chi connectivity index (χ4n) is 1.71. The molecule has 1 aromatic carbocycles. The molecule has 0 aromatic heterocycles. The Morgan fingerprint density at radius 2 is 1.85 bits per heavy atom. The largest absolute Gasteiger partial charge is 0.341 e. The van der Waals surface area contributed by atoms with Crippen molar-refractivity contribution in [1.29, 1.82) is 0 Å². The van der Waals surface area contributed by atoms with Gasteiger partial charge >= 0.3 is 0 Å². The molecule has 0 saturated carbocycles. The normalized spacial score (nSPS) is 12.6. The smallest absolute Gasteiger partial charge is 0.259 e. The highest BCUT2D eigenvalue weighted by Gasteiger charge is 2.22. The molecule has 6 heteroatoms. The predicted octanol–water partition coefficient (Wildman–Crippen LogP) is 3.17. The Labute approximate surface area is 126 Å². The molecule has 0 bridgehead atoms. The number of benzene rings is 1. The Balaban J connectivity index is 2.80. The first kappa shape index (κ1) is 17.0. The van der Waals surface area contributed by atoms with Gasteiger partial charge in [-0.25, -0.2) is 8.78 Å². The summed E-state index contributed by atoms with van der Waals surface area (Å²) in [6, 6.07) is 2.10. The van der Waals surface area contributed by atoms with E-state index in [0.29, 0.717) is 18.9 Å². The van der Waals surface area contributed by atoms with E-state index in [9.17, 15) is 13.6 Å². The van der Waals surface area contributed by atoms with Gasteiger partial charge in [-0.05, 0) is 24.5 Å². The van der Waals surface area contributed by atoms with Gasteiger partial charge in [0.2, 0.25) is 0 Å². The summed E-state index contributed by atoms with van der Waals surface area (Å²) in [6.45, 7) is 4.33. The van der Waals surface area contributed by atoms with Crippen LogP contribution in [0, 0.1) is 17.6 Å². The van der Waals surface area contributed by atoms with Crippen molar-refractivity contribution in [2.75, 3.05) is 13.6 Å². The second-order valence-corrected chi connectivity index (χ2v) is 6.08. The topological polar surface area (TPSA) is 46.3 Å². The minimum absolute atomic E-state index is 0.0511. The molecular formula is C14H19BrF2N2O. The molecule has 1 amide bonds. The van der Waals surface area contributed by atoms with Crippen LogP contribution in [0.3, 0.4) is 0 Å². The number of nitrogens with two attached hydrogens (primary N) is 1. The maximum atomic E-state index is 13.7. The fraction of sp³-hybridized carbons (Fsp3) is 0.500. The van der Waals surface area contributed by atoms with E-state index < -0.39 is 23.1 Å². The van der Waals surface area contributed by atoms with Crippen molar-refractivity contribution in [2.45, 2.75) is 26.3 Å². The Hall–Kier alpha value is -1.01. The first-order valence-electron chi connectivity index (χ1n) is 6.39. The second kappa shape index (κ2) is 7.13. The van der Waals surface area contributed by atoms with Gasteiger partial charge in [0.05, 0.1) is 0 Å². The molecule has 0 saturated heterocycles. The molecule has 1 unspecified atom stereocenters. The zero-order chi connectivity index (χ0) is 15.4. The van der Waals surface area contributed by atoms with Crippen LogP contribution in [0.2, 0.25) is 0 Å². The van der Waals surface area contributed by atoms with Gasteiger partial charge < -0.3 is 10.6 Å². The lowest BCUT2D eigenvalue weighted by molar-refractivity contribution is 0.0779. The summed E-state index contributed by atoms with van der Waals surface area (Å²) in [6.07, 6.45) is 0.583. The van der Waals surface area contributed by atoms with Crippen molar-refractivity contribution >= 4 is 21.8 Å². The summed E-state index contributed by atoms with van der Waals surface area (Å²) in [4.78, 5) is 13.4. The highest BCUT2D eigenvalue weighted by Crippen LogP contribution is 2.20. The number of halogens is 3. The third-order valence-electron chi connectivity index (χ3n) is 3.22. The number of amides is 1. The van der Waals surface area contributed by atoms with Gasteiger partial charge in [-0.2, -0.15) is 0 Å². The monoisotopic (exact) mass is 348 g/mol. The number of nitrogens with zero attached hydrogens (tertiary/aromatic N) is 1. The lowest BCUT2D eigenvalue weighted by Gasteiger charge is -2.22. The van der Waals surface area contributed by atoms with E-state index in [4.69, 9.17) is 5.73 Å². The van der Waals surface area contributed by atoms with Crippen LogP contribution in [0.1, 0.15) is 30.6 Å². The third kappa shape index (κ3) is 4.24. The lowest BCUT2D eigenvalue weighted by atomic mass is 10.0. The van der Waals surface area contributed by atoms with Crippen LogP contribution >= 0.6 is 15.9 Å². The van der Waals surface area contributed by atoms with Gasteiger partial charge in [-0.1, -0.05) is 29.8 Å². The third-order valence-corrected chi connectivity index (χ3v) is 3.68. The van der Waals surface area contributed by atoms with Crippen LogP contribution in [0.5, 0.6) is 0 Å². The fourth-order valence-corrected chi connectivity index (χ4v) is 2.12. The van der Waals surface area contributed by atoms with Gasteiger partial charge in [-0.3, -0.25) is 4.79 Å². The maximum Gasteiger partial charge on any atom is 0.259 e. The molecule has 0 fully saturated rings. The van der Waals surface area contributed by atoms with Crippen LogP contribution in [0.25, 0.3) is 0 Å². The number of hydrogen-bond acceptors (Lipinski definition) is 2. The Bertz CT molecular complexity index is 471. The Kier molecular flexibility index (Phi) is 6.07. The second-order valence-electron chi connectivity index (χ2n) is 5.17. The standard InChI is InChI=1S/C14H19BrF2N2O/c1-8(2)12(18)4-5-19(3)14(20)13-10(16)6-9(15)7-11(13)17/h6-8,12H,4-5,18H2,1-3H3. The minimum atomic E-state index is -0.873. The summed E-state index contributed by atoms with van der Waals surface area (Å²) in [5, 5.41) is 0. The zero-order valence-corrected chi connectivity index (χ0v) is 13.4. The van der Waals surface area contributed by atoms with Crippen LogP contribution in [-0.2, 0) is 0 Å². The van der Waals surface area contributed by atoms with Crippen LogP contribution in [-0.4, -0.2) is 30.4 Å². The SMILES string of the molecule is CC(C)C(N)CCN(C)C(=O)c1c(F)cc(Br)cc1F. The molecule has 2 N–H and O–H groups in total. The molecule has 20 heavy (non-hydrogen) atoms. The molecule has 0 radical (unpaired) electrons. The molecular weight excluding hydrogens is 330 g/mol. The van der Waals surface area contributed by atoms with E-state index >= 15 is 0 Å². The van der Waals surface area contributed by atoms with Crippen LogP contribution in [0.15, 0.2) is 16.6 Å². The lowest BCUT2D eigenvalue weighted by Crippen LogP contribution is -2.35. The molecule has 112 valence electrons. The quantitative estimate of drug-likeness (QED) is 0.888. The summed E-state index contributed by atoms with van der Waals surface area (Å²) in [7, 11) is 1.51. The average molecular weight is 349 g/mol. The first-order chi connectivity index (χ1) is 9.23. The maximum absolute atomic E-state index is 13.7. The zero-order valence-electron chi connectivity index (χ0n) is 11.8. The Morgan fingerprint density at radius 1 is 1.35 bits per heavy atom. The number of rotatable bonds is 5. The molecule has 3 nitrogen and oxygen atoms in total. The van der Waals surface area contributed by atoms with E-state index in [1.165, 1.54) is 11.9 Å². The molecule has 0 spiro atoms. The van der Waals surface area contributed by atoms with Gasteiger partial charge in [0, 0.05) is 24.1 Å². The van der Waals surface area contributed by atoms with E-state index in [1.807, 2.05) is 13.8 Å². The van der Waals surface area contributed by atoms with Crippen LogP contribution in [0.4, 0.5) is 8.78 Å². The van der Waals surface area contributed by atoms with Gasteiger partial charge in [0.1, 0.15) is 17.2 Å². The van der Waals surface area contributed by atoms with Crippen molar-refractivity contribution in [1.82, 2.24) is 4.90 Å². The number of hydrogen-bond donors (Lipinski definition) is 1. The molecule has 0 aliphatic heterocycles. The average Bonchev–Trinajstić information content (AvgIpc) is 2.33. The first-order valence-corrected chi connectivity index (χ1v) is 7.19. The molecule has 0 aliphatic rings. The van der Waals surface area contributed by atoms with E-state index in [-0.39, 0.29) is 10.5 Å². The predicted molar refractivity (Wildman–Crippen MR) is 78.4 cm³/mol. The Morgan fingerprint density at radius 3 is 2.30 bits per heavy atom. The van der Waals surface area contributed by atoms with E-state index in [0.717, 1.165) is 12.1 Å². The van der Waals surface area contributed by atoms with Crippen molar-refractivity contribution in [2.24, 2.45) is 11.7 Å². The summed E-state index contributed by atoms with van der Waals surface area (Å²) in [5.41, 5.74) is 5.36. The molecule has 1 rings (SSSR count). The summed E-state index contributed by atoms with van der Waals surface area (Å²) < 4.78 is 27.7. The van der Waals surface area contributed by atoms with Crippen molar-refractivity contribution < 1.29 is 13.6 Å². The number of carbonyl (C=O) groups is 1. The number of carbonyl (C=O) groups excluding carboxylic acids is 1.